The molecule has 0 aliphatic heterocycles. The van der Waals surface area contributed by atoms with E-state index in [1.807, 2.05) is 4.98 Å². The maximum atomic E-state index is 13.7. The molecule has 28 heavy (non-hydrogen) atoms. The Morgan fingerprint density at radius 3 is 2.32 bits per heavy atom. The Morgan fingerprint density at radius 2 is 1.79 bits per heavy atom. The predicted octanol–water partition coefficient (Wildman–Crippen LogP) is 3.57. The summed E-state index contributed by atoms with van der Waals surface area (Å²) >= 11 is 0. The molecule has 6 nitrogen and oxygen atoms in total. The zero-order chi connectivity index (χ0) is 20.8. The number of aromatic nitrogens is 4. The van der Waals surface area contributed by atoms with Crippen molar-refractivity contribution in [1.29, 1.82) is 0 Å². The zero-order valence-electron chi connectivity index (χ0n) is 14.4. The summed E-state index contributed by atoms with van der Waals surface area (Å²) in [6.45, 7) is 1.61. The highest BCUT2D eigenvalue weighted by Gasteiger charge is 2.29. The smallest absolute Gasteiger partial charge is 0.422 e. The van der Waals surface area contributed by atoms with Gasteiger partial charge in [0.25, 0.3) is 6.01 Å². The second-order valence-electron chi connectivity index (χ2n) is 6.16. The summed E-state index contributed by atoms with van der Waals surface area (Å²) in [6.07, 6.45) is -4.68. The van der Waals surface area contributed by atoms with Crippen molar-refractivity contribution in [2.24, 2.45) is 0 Å². The predicted molar refractivity (Wildman–Crippen MR) is 84.6 cm³/mol. The van der Waals surface area contributed by atoms with E-state index in [1.165, 1.54) is 0 Å². The van der Waals surface area contributed by atoms with E-state index in [4.69, 9.17) is 0 Å². The molecule has 0 unspecified atom stereocenters. The van der Waals surface area contributed by atoms with Crippen LogP contribution in [-0.4, -0.2) is 32.4 Å². The first kappa shape index (κ1) is 19.7. The molecule has 2 heterocycles. The van der Waals surface area contributed by atoms with Crippen molar-refractivity contribution in [2.45, 2.75) is 25.9 Å². The number of fused-ring (bicyclic) bond motifs is 1. The fourth-order valence-corrected chi connectivity index (χ4v) is 2.54. The van der Waals surface area contributed by atoms with Crippen LogP contribution in [0.1, 0.15) is 25.5 Å². The van der Waals surface area contributed by atoms with Gasteiger partial charge in [0.15, 0.2) is 29.7 Å². The molecule has 1 N–H and O–H groups in total. The third kappa shape index (κ3) is 3.66. The summed E-state index contributed by atoms with van der Waals surface area (Å²) in [5, 5.41) is 4.01. The van der Waals surface area contributed by atoms with Crippen molar-refractivity contribution in [3.8, 4) is 17.1 Å². The molecule has 150 valence electrons. The minimum atomic E-state index is -4.68. The van der Waals surface area contributed by atoms with E-state index in [1.54, 1.807) is 13.8 Å². The quantitative estimate of drug-likeness (QED) is 0.531. The van der Waals surface area contributed by atoms with Crippen LogP contribution >= 0.6 is 0 Å². The highest BCUT2D eigenvalue weighted by Crippen LogP contribution is 2.33. The lowest BCUT2D eigenvalue weighted by molar-refractivity contribution is -0.154. The van der Waals surface area contributed by atoms with Gasteiger partial charge in [0.1, 0.15) is 0 Å². The zero-order valence-corrected chi connectivity index (χ0v) is 14.4. The Bertz CT molecular complexity index is 1080. The van der Waals surface area contributed by atoms with Crippen LogP contribution in [0.3, 0.4) is 0 Å². The van der Waals surface area contributed by atoms with Gasteiger partial charge in [0.05, 0.1) is 11.3 Å². The monoisotopic (exact) mass is 406 g/mol. The first-order valence-corrected chi connectivity index (χ1v) is 7.85. The highest BCUT2D eigenvalue weighted by molar-refractivity contribution is 5.80. The van der Waals surface area contributed by atoms with E-state index >= 15 is 0 Å². The second-order valence-corrected chi connectivity index (χ2v) is 6.16. The molecule has 0 aliphatic rings. The van der Waals surface area contributed by atoms with Crippen LogP contribution in [0.4, 0.5) is 26.3 Å². The summed E-state index contributed by atoms with van der Waals surface area (Å²) in [5.74, 6) is -5.02. The summed E-state index contributed by atoms with van der Waals surface area (Å²) in [5.41, 5.74) is -1.31. The minimum absolute atomic E-state index is 0.0317. The molecule has 0 radical (unpaired) electrons. The standard InChI is InChI=1S/C16H12F6N4O2/c1-6(2)12-10(7-3-8(17)11(19)9(18)4-7)13-23-14(28-5-16(20,21)22)24-15(27)26(13)25-12/h3-4,6H,5H2,1-2H3,(H,23,24,27). The molecule has 0 saturated heterocycles. The highest BCUT2D eigenvalue weighted by atomic mass is 19.4. The maximum Gasteiger partial charge on any atom is 0.422 e. The van der Waals surface area contributed by atoms with Crippen LogP contribution < -0.4 is 10.4 Å². The Kier molecular flexibility index (Phi) is 4.81. The first-order valence-electron chi connectivity index (χ1n) is 7.85. The SMILES string of the molecule is CC(C)c1nn2c(=O)[nH]c(OCC(F)(F)F)nc2c1-c1cc(F)c(F)c(F)c1. The molecule has 3 aromatic rings. The van der Waals surface area contributed by atoms with E-state index in [0.29, 0.717) is 12.1 Å². The van der Waals surface area contributed by atoms with Gasteiger partial charge in [0, 0.05) is 0 Å². The molecule has 0 atom stereocenters. The molecule has 0 bridgehead atoms. The van der Waals surface area contributed by atoms with Gasteiger partial charge < -0.3 is 4.74 Å². The third-order valence-electron chi connectivity index (χ3n) is 3.69. The van der Waals surface area contributed by atoms with Crippen molar-refractivity contribution in [3.63, 3.8) is 0 Å². The number of nitrogens with zero attached hydrogens (tertiary/aromatic N) is 3. The average Bonchev–Trinajstić information content (AvgIpc) is 2.97. The molecule has 12 heteroatoms. The number of aromatic amines is 1. The van der Waals surface area contributed by atoms with Crippen molar-refractivity contribution in [1.82, 2.24) is 19.6 Å². The first-order chi connectivity index (χ1) is 13.0. The van der Waals surface area contributed by atoms with Crippen molar-refractivity contribution >= 4 is 5.65 Å². The van der Waals surface area contributed by atoms with Gasteiger partial charge in [0.2, 0.25) is 0 Å². The van der Waals surface area contributed by atoms with Gasteiger partial charge in [-0.05, 0) is 23.6 Å². The van der Waals surface area contributed by atoms with Gasteiger partial charge in [-0.1, -0.05) is 13.8 Å². The van der Waals surface area contributed by atoms with Crippen LogP contribution in [0.2, 0.25) is 0 Å². The van der Waals surface area contributed by atoms with Crippen molar-refractivity contribution in [3.05, 3.63) is 45.8 Å². The minimum Gasteiger partial charge on any atom is -0.455 e. The number of hydrogen-bond donors (Lipinski definition) is 1. The van der Waals surface area contributed by atoms with E-state index < -0.39 is 41.9 Å². The Hall–Kier alpha value is -3.05. The summed E-state index contributed by atoms with van der Waals surface area (Å²) < 4.78 is 82.9. The number of ether oxygens (including phenoxy) is 1. The number of halogens is 6. The van der Waals surface area contributed by atoms with Crippen molar-refractivity contribution < 1.29 is 31.1 Å². The van der Waals surface area contributed by atoms with E-state index in [-0.39, 0.29) is 28.4 Å². The molecular weight excluding hydrogens is 394 g/mol. The lowest BCUT2D eigenvalue weighted by Crippen LogP contribution is -2.24. The molecule has 0 aliphatic carbocycles. The third-order valence-corrected chi connectivity index (χ3v) is 3.69. The maximum absolute atomic E-state index is 13.7. The van der Waals surface area contributed by atoms with E-state index in [9.17, 15) is 31.1 Å². The van der Waals surface area contributed by atoms with Gasteiger partial charge in [-0.25, -0.2) is 18.0 Å². The van der Waals surface area contributed by atoms with Crippen LogP contribution in [0.15, 0.2) is 16.9 Å². The van der Waals surface area contributed by atoms with Crippen LogP contribution in [0.5, 0.6) is 6.01 Å². The second kappa shape index (κ2) is 6.84. The lowest BCUT2D eigenvalue weighted by atomic mass is 9.99. The summed E-state index contributed by atoms with van der Waals surface area (Å²) in [4.78, 5) is 17.9. The molecule has 0 saturated carbocycles. The fourth-order valence-electron chi connectivity index (χ4n) is 2.54. The fraction of sp³-hybridized carbons (Fsp3) is 0.312. The molecule has 0 spiro atoms. The summed E-state index contributed by atoms with van der Waals surface area (Å²) in [6, 6.07) is 0.607. The van der Waals surface area contributed by atoms with Crippen LogP contribution in [0, 0.1) is 17.5 Å². The lowest BCUT2D eigenvalue weighted by Gasteiger charge is -2.09. The average molecular weight is 406 g/mol. The molecule has 1 aromatic carbocycles. The van der Waals surface area contributed by atoms with Crippen LogP contribution in [-0.2, 0) is 0 Å². The molecule has 2 aromatic heterocycles. The molecule has 0 fully saturated rings. The van der Waals surface area contributed by atoms with Gasteiger partial charge in [-0.15, -0.1) is 0 Å². The van der Waals surface area contributed by atoms with Gasteiger partial charge in [-0.2, -0.15) is 27.8 Å². The Morgan fingerprint density at radius 1 is 1.18 bits per heavy atom. The molecule has 0 amide bonds. The number of nitrogens with one attached hydrogen (secondary N) is 1. The molecular formula is C16H12F6N4O2. The number of H-pyrrole nitrogens is 1. The number of rotatable bonds is 4. The van der Waals surface area contributed by atoms with E-state index in [2.05, 4.69) is 14.8 Å². The normalized spacial score (nSPS) is 12.2. The Labute approximate surface area is 152 Å². The van der Waals surface area contributed by atoms with Gasteiger partial charge >= 0.3 is 11.9 Å². The van der Waals surface area contributed by atoms with E-state index in [0.717, 1.165) is 4.52 Å². The summed E-state index contributed by atoms with van der Waals surface area (Å²) in [7, 11) is 0. The van der Waals surface area contributed by atoms with Gasteiger partial charge in [-0.3, -0.25) is 4.98 Å². The Balaban J connectivity index is 2.26. The van der Waals surface area contributed by atoms with Crippen LogP contribution in [0.25, 0.3) is 16.8 Å². The largest absolute Gasteiger partial charge is 0.455 e. The number of alkyl halides is 3. The number of benzene rings is 1. The molecule has 3 rings (SSSR count). The van der Waals surface area contributed by atoms with Crippen molar-refractivity contribution in [2.75, 3.05) is 6.61 Å². The topological polar surface area (TPSA) is 72.3 Å². The number of hydrogen-bond acceptors (Lipinski definition) is 4.